The van der Waals surface area contributed by atoms with E-state index in [0.717, 1.165) is 4.47 Å². The van der Waals surface area contributed by atoms with Crippen molar-refractivity contribution < 1.29 is 0 Å². The minimum absolute atomic E-state index is 0.131. The van der Waals surface area contributed by atoms with Crippen LogP contribution in [0.15, 0.2) is 132 Å². The summed E-state index contributed by atoms with van der Waals surface area (Å²) in [6.45, 7) is 4.79. The fourth-order valence-corrected chi connectivity index (χ4v) is 7.44. The van der Waals surface area contributed by atoms with E-state index >= 15 is 0 Å². The number of benzene rings is 7. The van der Waals surface area contributed by atoms with Crippen molar-refractivity contribution in [2.24, 2.45) is 0 Å². The Bertz CT molecular complexity index is 2130. The van der Waals surface area contributed by atoms with Crippen molar-refractivity contribution in [3.8, 4) is 33.4 Å². The highest BCUT2D eigenvalue weighted by molar-refractivity contribution is 9.10. The average molecular weight is 576 g/mol. The van der Waals surface area contributed by atoms with Crippen LogP contribution < -0.4 is 0 Å². The van der Waals surface area contributed by atoms with E-state index < -0.39 is 0 Å². The molecule has 0 saturated carbocycles. The van der Waals surface area contributed by atoms with E-state index in [1.807, 2.05) is 0 Å². The van der Waals surface area contributed by atoms with E-state index in [1.165, 1.54) is 76.8 Å². The molecule has 0 amide bonds. The molecule has 1 aliphatic rings. The summed E-state index contributed by atoms with van der Waals surface area (Å²) in [5.74, 6) is 0. The molecule has 0 aromatic heterocycles. The number of halogens is 1. The van der Waals surface area contributed by atoms with Gasteiger partial charge in [-0.05, 0) is 101 Å². The normalized spacial score (nSPS) is 13.6. The summed E-state index contributed by atoms with van der Waals surface area (Å²) in [5, 5.41) is 7.97. The predicted molar refractivity (Wildman–Crippen MR) is 175 cm³/mol. The van der Waals surface area contributed by atoms with Crippen molar-refractivity contribution >= 4 is 48.2 Å². The Morgan fingerprint density at radius 2 is 1.12 bits per heavy atom. The summed E-state index contributed by atoms with van der Waals surface area (Å²) in [6.07, 6.45) is 0. The Hall–Kier alpha value is -4.20. The lowest BCUT2D eigenvalue weighted by molar-refractivity contribution is 0.666. The van der Waals surface area contributed by atoms with Gasteiger partial charge in [0.15, 0.2) is 0 Å². The van der Waals surface area contributed by atoms with Crippen LogP contribution in [0.25, 0.3) is 65.7 Å². The summed E-state index contributed by atoms with van der Waals surface area (Å²) in [5.41, 5.74) is 10.4. The quantitative estimate of drug-likeness (QED) is 0.180. The van der Waals surface area contributed by atoms with Crippen molar-refractivity contribution in [1.82, 2.24) is 0 Å². The summed E-state index contributed by atoms with van der Waals surface area (Å²) in [6, 6.07) is 46.9. The van der Waals surface area contributed by atoms with Gasteiger partial charge in [0.25, 0.3) is 0 Å². The molecule has 0 N–H and O–H groups in total. The summed E-state index contributed by atoms with van der Waals surface area (Å²) >= 11 is 3.76. The van der Waals surface area contributed by atoms with Crippen molar-refractivity contribution in [1.29, 1.82) is 0 Å². The Morgan fingerprint density at radius 3 is 1.93 bits per heavy atom. The SMILES string of the molecule is CC1(C)c2cc(Br)ccc2-c2c1c1c3ccccc3c(-c3cccc(-c4ccccc4)c3)cc1c1ccccc21. The molecule has 0 spiro atoms. The fourth-order valence-electron chi connectivity index (χ4n) is 7.08. The molecule has 7 aromatic rings. The molecule has 0 heterocycles. The first-order chi connectivity index (χ1) is 19.5. The summed E-state index contributed by atoms with van der Waals surface area (Å²) in [4.78, 5) is 0. The van der Waals surface area contributed by atoms with E-state index in [0.29, 0.717) is 0 Å². The van der Waals surface area contributed by atoms with Crippen molar-refractivity contribution in [2.75, 3.05) is 0 Å². The number of fused-ring (bicyclic) bond motifs is 10. The van der Waals surface area contributed by atoms with Gasteiger partial charge in [0.1, 0.15) is 0 Å². The maximum atomic E-state index is 3.76. The maximum Gasteiger partial charge on any atom is 0.0178 e. The van der Waals surface area contributed by atoms with Gasteiger partial charge in [-0.15, -0.1) is 0 Å². The zero-order valence-corrected chi connectivity index (χ0v) is 24.1. The molecule has 0 radical (unpaired) electrons. The highest BCUT2D eigenvalue weighted by Crippen LogP contribution is 2.56. The van der Waals surface area contributed by atoms with Gasteiger partial charge in [0.05, 0.1) is 0 Å². The molecule has 7 aromatic carbocycles. The highest BCUT2D eigenvalue weighted by Gasteiger charge is 2.39. The van der Waals surface area contributed by atoms with Gasteiger partial charge in [0.2, 0.25) is 0 Å². The second kappa shape index (κ2) is 8.65. The first kappa shape index (κ1) is 23.7. The van der Waals surface area contributed by atoms with Crippen molar-refractivity contribution in [3.05, 3.63) is 143 Å². The molecule has 0 unspecified atom stereocenters. The van der Waals surface area contributed by atoms with Crippen LogP contribution in [0.5, 0.6) is 0 Å². The minimum Gasteiger partial charge on any atom is -0.0622 e. The lowest BCUT2D eigenvalue weighted by Gasteiger charge is -2.26. The second-order valence-corrected chi connectivity index (χ2v) is 12.4. The zero-order chi connectivity index (χ0) is 27.0. The maximum absolute atomic E-state index is 3.76. The third-order valence-corrected chi connectivity index (χ3v) is 9.35. The first-order valence-electron chi connectivity index (χ1n) is 13.9. The molecule has 40 heavy (non-hydrogen) atoms. The molecule has 0 bridgehead atoms. The van der Waals surface area contributed by atoms with Gasteiger partial charge in [-0.25, -0.2) is 0 Å². The van der Waals surface area contributed by atoms with Crippen LogP contribution >= 0.6 is 15.9 Å². The molecule has 0 nitrogen and oxygen atoms in total. The molecule has 0 aliphatic heterocycles. The second-order valence-electron chi connectivity index (χ2n) is 11.4. The molecule has 1 aliphatic carbocycles. The van der Waals surface area contributed by atoms with Crippen molar-refractivity contribution in [3.63, 3.8) is 0 Å². The standard InChI is InChI=1S/C39H27Br/c1-39(2)35-22-27(40)19-20-32(35)36-31-18-9-7-16-29(31)34-23-33(28-15-6-8-17-30(28)37(34)38(36)39)26-14-10-13-25(21-26)24-11-4-3-5-12-24/h3-23H,1-2H3. The lowest BCUT2D eigenvalue weighted by atomic mass is 9.77. The topological polar surface area (TPSA) is 0 Å². The van der Waals surface area contributed by atoms with Crippen LogP contribution in [0, 0.1) is 0 Å². The van der Waals surface area contributed by atoms with Gasteiger partial charge in [-0.1, -0.05) is 133 Å². The fraction of sp³-hybridized carbons (Fsp3) is 0.0769. The molecular formula is C39H27Br. The van der Waals surface area contributed by atoms with Crippen LogP contribution in [0.4, 0.5) is 0 Å². The summed E-state index contributed by atoms with van der Waals surface area (Å²) < 4.78 is 1.13. The molecule has 1 heteroatoms. The van der Waals surface area contributed by atoms with Gasteiger partial charge >= 0.3 is 0 Å². The zero-order valence-electron chi connectivity index (χ0n) is 22.5. The Morgan fingerprint density at radius 1 is 0.475 bits per heavy atom. The van der Waals surface area contributed by atoms with Gasteiger partial charge < -0.3 is 0 Å². The smallest absolute Gasteiger partial charge is 0.0178 e. The Kier molecular flexibility index (Phi) is 5.12. The van der Waals surface area contributed by atoms with E-state index in [1.54, 1.807) is 0 Å². The number of hydrogen-bond acceptors (Lipinski definition) is 0. The molecular weight excluding hydrogens is 548 g/mol. The molecule has 0 atom stereocenters. The van der Waals surface area contributed by atoms with E-state index in [2.05, 4.69) is 157 Å². The predicted octanol–water partition coefficient (Wildman–Crippen LogP) is 11.5. The monoisotopic (exact) mass is 574 g/mol. The molecule has 0 saturated heterocycles. The largest absolute Gasteiger partial charge is 0.0622 e. The third-order valence-electron chi connectivity index (χ3n) is 8.86. The van der Waals surface area contributed by atoms with Gasteiger partial charge in [-0.3, -0.25) is 0 Å². The minimum atomic E-state index is -0.131. The number of hydrogen-bond donors (Lipinski definition) is 0. The van der Waals surface area contributed by atoms with E-state index in [9.17, 15) is 0 Å². The van der Waals surface area contributed by atoms with E-state index in [4.69, 9.17) is 0 Å². The first-order valence-corrected chi connectivity index (χ1v) is 14.7. The Labute approximate surface area is 243 Å². The molecule has 8 rings (SSSR count). The van der Waals surface area contributed by atoms with Crippen LogP contribution in [0.2, 0.25) is 0 Å². The molecule has 0 fully saturated rings. The van der Waals surface area contributed by atoms with Gasteiger partial charge in [0, 0.05) is 9.89 Å². The third kappa shape index (κ3) is 3.31. The lowest BCUT2D eigenvalue weighted by Crippen LogP contribution is -2.16. The average Bonchev–Trinajstić information content (AvgIpc) is 3.23. The van der Waals surface area contributed by atoms with E-state index in [-0.39, 0.29) is 5.41 Å². The van der Waals surface area contributed by atoms with Gasteiger partial charge in [-0.2, -0.15) is 0 Å². The van der Waals surface area contributed by atoms with Crippen LogP contribution in [0.3, 0.4) is 0 Å². The highest BCUT2D eigenvalue weighted by atomic mass is 79.9. The summed E-state index contributed by atoms with van der Waals surface area (Å²) in [7, 11) is 0. The van der Waals surface area contributed by atoms with Crippen LogP contribution in [-0.2, 0) is 5.41 Å². The molecule has 190 valence electrons. The Balaban J connectivity index is 1.53. The van der Waals surface area contributed by atoms with Crippen LogP contribution in [-0.4, -0.2) is 0 Å². The van der Waals surface area contributed by atoms with Crippen molar-refractivity contribution in [2.45, 2.75) is 19.3 Å². The van der Waals surface area contributed by atoms with Crippen LogP contribution in [0.1, 0.15) is 25.0 Å². The number of rotatable bonds is 2.